The van der Waals surface area contributed by atoms with Gasteiger partial charge in [-0.25, -0.2) is 4.39 Å². The lowest BCUT2D eigenvalue weighted by atomic mass is 10.1. The van der Waals surface area contributed by atoms with Gasteiger partial charge in [-0.1, -0.05) is 22.0 Å². The third kappa shape index (κ3) is 2.19. The van der Waals surface area contributed by atoms with Crippen molar-refractivity contribution >= 4 is 21.8 Å². The average molecular weight is 299 g/mol. The Kier molecular flexibility index (Phi) is 3.19. The molecule has 0 fully saturated rings. The summed E-state index contributed by atoms with van der Waals surface area (Å²) in [4.78, 5) is 11.1. The number of nitrogens with one attached hydrogen (secondary N) is 1. The number of alkyl halides is 1. The van der Waals surface area contributed by atoms with Gasteiger partial charge in [0.05, 0.1) is 0 Å². The summed E-state index contributed by atoms with van der Waals surface area (Å²) in [7, 11) is 0. The Bertz CT molecular complexity index is 569. The Morgan fingerprint density at radius 1 is 1.47 bits per heavy atom. The summed E-state index contributed by atoms with van der Waals surface area (Å²) in [6.07, 6.45) is 0. The first-order valence-electron chi connectivity index (χ1n) is 4.69. The molecule has 0 bridgehead atoms. The topological polar surface area (TPSA) is 84.7 Å². The van der Waals surface area contributed by atoms with E-state index in [0.29, 0.717) is 5.33 Å². The molecule has 5 nitrogen and oxygen atoms in total. The molecule has 0 atom stereocenters. The van der Waals surface area contributed by atoms with Crippen LogP contribution in [0, 0.1) is 5.82 Å². The number of primary amides is 1. The summed E-state index contributed by atoms with van der Waals surface area (Å²) in [5.41, 5.74) is 6.23. The first kappa shape index (κ1) is 11.7. The van der Waals surface area contributed by atoms with E-state index in [2.05, 4.69) is 31.3 Å². The smallest absolute Gasteiger partial charge is 0.271 e. The number of hydrogen-bond acceptors (Lipinski definition) is 3. The van der Waals surface area contributed by atoms with Crippen molar-refractivity contribution in [2.45, 2.75) is 5.33 Å². The van der Waals surface area contributed by atoms with Gasteiger partial charge in [0.25, 0.3) is 5.91 Å². The monoisotopic (exact) mass is 298 g/mol. The molecule has 0 saturated carbocycles. The quantitative estimate of drug-likeness (QED) is 0.844. The van der Waals surface area contributed by atoms with Crippen molar-refractivity contribution in [3.05, 3.63) is 35.3 Å². The Balaban J connectivity index is 2.59. The maximum atomic E-state index is 13.7. The third-order valence-electron chi connectivity index (χ3n) is 2.22. The second kappa shape index (κ2) is 4.62. The molecular weight excluding hydrogens is 291 g/mol. The lowest BCUT2D eigenvalue weighted by Gasteiger charge is -2.03. The summed E-state index contributed by atoms with van der Waals surface area (Å²) in [6, 6.07) is 4.54. The fraction of sp³-hybridized carbons (Fsp3) is 0.100. The van der Waals surface area contributed by atoms with Gasteiger partial charge in [-0.05, 0) is 17.7 Å². The van der Waals surface area contributed by atoms with E-state index in [1.54, 1.807) is 12.1 Å². The minimum atomic E-state index is -0.752. The number of aromatic amines is 1. The summed E-state index contributed by atoms with van der Waals surface area (Å²) in [6.45, 7) is 0. The highest BCUT2D eigenvalue weighted by atomic mass is 79.9. The molecule has 3 N–H and O–H groups in total. The van der Waals surface area contributed by atoms with Crippen LogP contribution < -0.4 is 5.73 Å². The highest BCUT2D eigenvalue weighted by molar-refractivity contribution is 9.08. The molecule has 88 valence electrons. The normalized spacial score (nSPS) is 10.5. The van der Waals surface area contributed by atoms with Gasteiger partial charge in [0.2, 0.25) is 0 Å². The summed E-state index contributed by atoms with van der Waals surface area (Å²) >= 11 is 3.27. The van der Waals surface area contributed by atoms with Crippen molar-refractivity contribution in [1.29, 1.82) is 0 Å². The zero-order chi connectivity index (χ0) is 12.4. The number of nitrogens with zero attached hydrogens (tertiary/aromatic N) is 2. The van der Waals surface area contributed by atoms with Gasteiger partial charge in [0.1, 0.15) is 11.5 Å². The van der Waals surface area contributed by atoms with Crippen molar-refractivity contribution in [3.63, 3.8) is 0 Å². The summed E-state index contributed by atoms with van der Waals surface area (Å²) in [5.74, 6) is -1.23. The van der Waals surface area contributed by atoms with Crippen molar-refractivity contribution in [2.24, 2.45) is 5.73 Å². The molecule has 1 amide bonds. The van der Waals surface area contributed by atoms with Gasteiger partial charge in [0.15, 0.2) is 5.69 Å². The van der Waals surface area contributed by atoms with E-state index < -0.39 is 11.7 Å². The SMILES string of the molecule is NC(=O)c1n[nH]nc1-c1cc(CBr)ccc1F. The van der Waals surface area contributed by atoms with Gasteiger partial charge in [-0.2, -0.15) is 15.4 Å². The van der Waals surface area contributed by atoms with Crippen molar-refractivity contribution < 1.29 is 9.18 Å². The number of aromatic nitrogens is 3. The maximum Gasteiger partial charge on any atom is 0.271 e. The Morgan fingerprint density at radius 3 is 2.88 bits per heavy atom. The van der Waals surface area contributed by atoms with Crippen LogP contribution in [0.2, 0.25) is 0 Å². The number of nitrogens with two attached hydrogens (primary N) is 1. The van der Waals surface area contributed by atoms with E-state index in [4.69, 9.17) is 5.73 Å². The third-order valence-corrected chi connectivity index (χ3v) is 2.87. The van der Waals surface area contributed by atoms with Gasteiger partial charge in [0, 0.05) is 10.9 Å². The van der Waals surface area contributed by atoms with Crippen LogP contribution in [0.15, 0.2) is 18.2 Å². The Hall–Kier alpha value is -1.76. The number of hydrogen-bond donors (Lipinski definition) is 2. The van der Waals surface area contributed by atoms with Crippen LogP contribution in [0.3, 0.4) is 0 Å². The fourth-order valence-corrected chi connectivity index (χ4v) is 1.78. The average Bonchev–Trinajstić information content (AvgIpc) is 2.78. The molecule has 0 aliphatic heterocycles. The van der Waals surface area contributed by atoms with E-state index in [9.17, 15) is 9.18 Å². The number of halogens is 2. The molecule has 2 aromatic rings. The van der Waals surface area contributed by atoms with Crippen LogP contribution in [-0.4, -0.2) is 21.3 Å². The van der Waals surface area contributed by atoms with Gasteiger partial charge in [-0.3, -0.25) is 4.79 Å². The first-order valence-corrected chi connectivity index (χ1v) is 5.81. The van der Waals surface area contributed by atoms with Crippen LogP contribution >= 0.6 is 15.9 Å². The van der Waals surface area contributed by atoms with Crippen molar-refractivity contribution in [2.75, 3.05) is 0 Å². The molecule has 2 rings (SSSR count). The van der Waals surface area contributed by atoms with E-state index in [0.717, 1.165) is 5.56 Å². The van der Waals surface area contributed by atoms with Gasteiger partial charge >= 0.3 is 0 Å². The van der Waals surface area contributed by atoms with Crippen molar-refractivity contribution in [1.82, 2.24) is 15.4 Å². The molecule has 1 aromatic heterocycles. The zero-order valence-corrected chi connectivity index (χ0v) is 10.2. The zero-order valence-electron chi connectivity index (χ0n) is 8.58. The molecule has 0 radical (unpaired) electrons. The van der Waals surface area contributed by atoms with Crippen LogP contribution in [0.1, 0.15) is 16.1 Å². The molecular formula is C10H8BrFN4O. The Morgan fingerprint density at radius 2 is 2.24 bits per heavy atom. The molecule has 0 spiro atoms. The molecule has 0 saturated heterocycles. The predicted octanol–water partition coefficient (Wildman–Crippen LogP) is 1.60. The number of benzene rings is 1. The second-order valence-electron chi connectivity index (χ2n) is 3.33. The molecule has 0 unspecified atom stereocenters. The largest absolute Gasteiger partial charge is 0.364 e. The van der Waals surface area contributed by atoms with E-state index >= 15 is 0 Å². The number of amides is 1. The molecule has 1 heterocycles. The standard InChI is InChI=1S/C10H8BrFN4O/c11-4-5-1-2-7(12)6(3-5)8-9(10(13)17)15-16-14-8/h1-3H,4H2,(H2,13,17)(H,14,15,16). The molecule has 17 heavy (non-hydrogen) atoms. The summed E-state index contributed by atoms with van der Waals surface area (Å²) in [5, 5.41) is 10.2. The highest BCUT2D eigenvalue weighted by Crippen LogP contribution is 2.24. The molecule has 7 heteroatoms. The second-order valence-corrected chi connectivity index (χ2v) is 3.89. The minimum Gasteiger partial charge on any atom is -0.364 e. The first-order chi connectivity index (χ1) is 8.13. The van der Waals surface area contributed by atoms with E-state index in [1.807, 2.05) is 0 Å². The van der Waals surface area contributed by atoms with Gasteiger partial charge < -0.3 is 5.73 Å². The lowest BCUT2D eigenvalue weighted by molar-refractivity contribution is 0.0996. The van der Waals surface area contributed by atoms with Crippen molar-refractivity contribution in [3.8, 4) is 11.3 Å². The van der Waals surface area contributed by atoms with E-state index in [1.165, 1.54) is 6.07 Å². The molecule has 0 aliphatic rings. The van der Waals surface area contributed by atoms with Crippen LogP contribution in [0.25, 0.3) is 11.3 Å². The minimum absolute atomic E-state index is 0.0735. The van der Waals surface area contributed by atoms with E-state index in [-0.39, 0.29) is 17.0 Å². The lowest BCUT2D eigenvalue weighted by Crippen LogP contribution is -2.13. The van der Waals surface area contributed by atoms with Crippen LogP contribution in [0.5, 0.6) is 0 Å². The Labute approximate surface area is 104 Å². The summed E-state index contributed by atoms with van der Waals surface area (Å²) < 4.78 is 13.7. The molecule has 1 aromatic carbocycles. The number of rotatable bonds is 3. The number of carbonyl (C=O) groups excluding carboxylic acids is 1. The highest BCUT2D eigenvalue weighted by Gasteiger charge is 2.18. The van der Waals surface area contributed by atoms with Gasteiger partial charge in [-0.15, -0.1) is 0 Å². The number of carbonyl (C=O) groups is 1. The number of H-pyrrole nitrogens is 1. The maximum absolute atomic E-state index is 13.7. The van der Waals surface area contributed by atoms with Crippen LogP contribution in [-0.2, 0) is 5.33 Å². The fourth-order valence-electron chi connectivity index (χ4n) is 1.43. The van der Waals surface area contributed by atoms with Crippen LogP contribution in [0.4, 0.5) is 4.39 Å². The predicted molar refractivity (Wildman–Crippen MR) is 62.9 cm³/mol. The molecule has 0 aliphatic carbocycles.